The number of nitrogens with zero attached hydrogens (tertiary/aromatic N) is 1. The molecule has 0 spiro atoms. The molecule has 0 aliphatic rings. The molecule has 0 saturated carbocycles. The van der Waals surface area contributed by atoms with E-state index < -0.39 is 6.01 Å². The molecule has 1 aromatic heterocycles. The van der Waals surface area contributed by atoms with Crippen molar-refractivity contribution in [3.8, 4) is 11.8 Å². The van der Waals surface area contributed by atoms with E-state index in [4.69, 9.17) is 5.26 Å². The van der Waals surface area contributed by atoms with Gasteiger partial charge in [0.05, 0.1) is 17.0 Å². The van der Waals surface area contributed by atoms with Gasteiger partial charge in [0.2, 0.25) is 0 Å². The molecule has 0 unspecified atom stereocenters. The van der Waals surface area contributed by atoms with Crippen LogP contribution in [-0.2, 0) is 0 Å². The van der Waals surface area contributed by atoms with Gasteiger partial charge in [-0.15, -0.1) is 0 Å². The van der Waals surface area contributed by atoms with Crippen LogP contribution in [0.4, 0.5) is 4.39 Å². The Hall–Kier alpha value is -2.02. The maximum absolute atomic E-state index is 12.6. The highest BCUT2D eigenvalue weighted by molar-refractivity contribution is 5.85. The molecule has 13 heavy (non-hydrogen) atoms. The molecule has 0 aliphatic carbocycles. The number of hydrogen-bond acceptors (Lipinski definition) is 3. The minimum absolute atomic E-state index is 0.151. The Morgan fingerprint density at radius 2 is 2.15 bits per heavy atom. The van der Waals surface area contributed by atoms with Gasteiger partial charge in [0, 0.05) is 6.07 Å². The van der Waals surface area contributed by atoms with Gasteiger partial charge in [0.15, 0.2) is 0 Å². The third-order valence-corrected chi connectivity index (χ3v) is 1.71. The number of halogens is 1. The van der Waals surface area contributed by atoms with Crippen LogP contribution >= 0.6 is 0 Å². The predicted molar refractivity (Wildman–Crippen MR) is 42.6 cm³/mol. The van der Waals surface area contributed by atoms with E-state index in [9.17, 15) is 9.50 Å². The van der Waals surface area contributed by atoms with Gasteiger partial charge in [0.1, 0.15) is 11.3 Å². The van der Waals surface area contributed by atoms with E-state index in [-0.39, 0.29) is 22.3 Å². The molecule has 64 valence electrons. The summed E-state index contributed by atoms with van der Waals surface area (Å²) in [5, 5.41) is 18.1. The molecule has 0 bridgehead atoms. The zero-order valence-corrected chi connectivity index (χ0v) is 6.41. The van der Waals surface area contributed by atoms with Crippen molar-refractivity contribution in [3.63, 3.8) is 0 Å². The Bertz CT molecular complexity index is 510. The van der Waals surface area contributed by atoms with Crippen molar-refractivity contribution in [2.45, 2.75) is 0 Å². The number of furan rings is 1. The first-order valence-corrected chi connectivity index (χ1v) is 3.53. The molecular formula is C9H4FNO2. The molecule has 0 fully saturated rings. The van der Waals surface area contributed by atoms with Gasteiger partial charge in [0.25, 0.3) is 6.01 Å². The molecule has 4 heteroatoms. The van der Waals surface area contributed by atoms with Gasteiger partial charge in [-0.1, -0.05) is 0 Å². The Kier molecular flexibility index (Phi) is 1.46. The largest absolute Gasteiger partial charge is 0.507 e. The highest BCUT2D eigenvalue weighted by Gasteiger charge is 2.08. The average molecular weight is 177 g/mol. The van der Waals surface area contributed by atoms with Crippen molar-refractivity contribution in [3.05, 3.63) is 29.8 Å². The van der Waals surface area contributed by atoms with Gasteiger partial charge < -0.3 is 9.52 Å². The predicted octanol–water partition coefficient (Wildman–Crippen LogP) is 2.15. The molecule has 0 saturated heterocycles. The number of benzene rings is 1. The van der Waals surface area contributed by atoms with Crippen LogP contribution < -0.4 is 0 Å². The molecular weight excluding hydrogens is 173 g/mol. The van der Waals surface area contributed by atoms with Crippen LogP contribution in [0.25, 0.3) is 11.0 Å². The minimum Gasteiger partial charge on any atom is -0.507 e. The summed E-state index contributed by atoms with van der Waals surface area (Å²) in [4.78, 5) is 0. The number of phenols is 1. The molecule has 0 radical (unpaired) electrons. The molecule has 0 amide bonds. The van der Waals surface area contributed by atoms with Crippen LogP contribution in [0.15, 0.2) is 22.6 Å². The maximum Gasteiger partial charge on any atom is 0.279 e. The lowest BCUT2D eigenvalue weighted by Gasteiger charge is -1.93. The lowest BCUT2D eigenvalue weighted by molar-refractivity contribution is 0.381. The summed E-state index contributed by atoms with van der Waals surface area (Å²) in [6.45, 7) is 0. The summed E-state index contributed by atoms with van der Waals surface area (Å²) >= 11 is 0. The first-order valence-electron chi connectivity index (χ1n) is 3.53. The Labute approximate surface area is 72.6 Å². The van der Waals surface area contributed by atoms with Gasteiger partial charge in [-0.3, -0.25) is 0 Å². The van der Waals surface area contributed by atoms with Crippen LogP contribution in [0.5, 0.6) is 5.75 Å². The Morgan fingerprint density at radius 1 is 1.38 bits per heavy atom. The van der Waals surface area contributed by atoms with Crippen molar-refractivity contribution in [1.82, 2.24) is 0 Å². The van der Waals surface area contributed by atoms with Gasteiger partial charge in [-0.2, -0.15) is 9.65 Å². The van der Waals surface area contributed by atoms with Crippen LogP contribution in [0.2, 0.25) is 0 Å². The van der Waals surface area contributed by atoms with Gasteiger partial charge in [-0.25, -0.2) is 0 Å². The number of rotatable bonds is 0. The van der Waals surface area contributed by atoms with E-state index in [1.165, 1.54) is 12.1 Å². The molecule has 1 N–H and O–H groups in total. The molecule has 3 nitrogen and oxygen atoms in total. The summed E-state index contributed by atoms with van der Waals surface area (Å²) in [7, 11) is 0. The summed E-state index contributed by atoms with van der Waals surface area (Å²) < 4.78 is 17.2. The molecule has 1 aromatic carbocycles. The standard InChI is InChI=1S/C9H4FNO2/c10-9-3-6-7(12)1-5(4-11)2-8(6)13-9/h1-3,12H. The van der Waals surface area contributed by atoms with E-state index in [2.05, 4.69) is 4.42 Å². The number of hydrogen-bond donors (Lipinski definition) is 1. The van der Waals surface area contributed by atoms with Crippen LogP contribution in [-0.4, -0.2) is 5.11 Å². The van der Waals surface area contributed by atoms with E-state index in [0.29, 0.717) is 0 Å². The second kappa shape index (κ2) is 2.49. The highest BCUT2D eigenvalue weighted by atomic mass is 19.1. The van der Waals surface area contributed by atoms with E-state index in [0.717, 1.165) is 6.07 Å². The Balaban J connectivity index is 2.85. The zero-order valence-electron chi connectivity index (χ0n) is 6.41. The van der Waals surface area contributed by atoms with E-state index in [1.807, 2.05) is 6.07 Å². The molecule has 2 aromatic rings. The average Bonchev–Trinajstić information content (AvgIpc) is 2.46. The molecule has 1 heterocycles. The van der Waals surface area contributed by atoms with Crippen LogP contribution in [0.1, 0.15) is 5.56 Å². The third-order valence-electron chi connectivity index (χ3n) is 1.71. The van der Waals surface area contributed by atoms with Crippen LogP contribution in [0.3, 0.4) is 0 Å². The topological polar surface area (TPSA) is 57.2 Å². The monoisotopic (exact) mass is 177 g/mol. The maximum atomic E-state index is 12.6. The molecule has 0 aliphatic heterocycles. The lowest BCUT2D eigenvalue weighted by Crippen LogP contribution is -1.73. The van der Waals surface area contributed by atoms with E-state index in [1.54, 1.807) is 0 Å². The van der Waals surface area contributed by atoms with Crippen molar-refractivity contribution >= 4 is 11.0 Å². The SMILES string of the molecule is N#Cc1cc(O)c2cc(F)oc2c1. The van der Waals surface area contributed by atoms with Crippen molar-refractivity contribution in [2.24, 2.45) is 0 Å². The zero-order chi connectivity index (χ0) is 9.42. The first-order chi connectivity index (χ1) is 6.20. The number of aromatic hydroxyl groups is 1. The van der Waals surface area contributed by atoms with E-state index >= 15 is 0 Å². The lowest BCUT2D eigenvalue weighted by atomic mass is 10.2. The molecule has 0 atom stereocenters. The summed E-state index contributed by atoms with van der Waals surface area (Å²) in [5.74, 6) is -0.151. The smallest absolute Gasteiger partial charge is 0.279 e. The molecule has 2 rings (SSSR count). The second-order valence-corrected chi connectivity index (χ2v) is 2.57. The van der Waals surface area contributed by atoms with Gasteiger partial charge in [-0.05, 0) is 12.1 Å². The number of fused-ring (bicyclic) bond motifs is 1. The van der Waals surface area contributed by atoms with Crippen LogP contribution in [0, 0.1) is 17.3 Å². The first kappa shape index (κ1) is 7.62. The number of nitriles is 1. The fraction of sp³-hybridized carbons (Fsp3) is 0. The number of phenolic OH excluding ortho intramolecular Hbond substituents is 1. The normalized spacial score (nSPS) is 10.2. The fourth-order valence-electron chi connectivity index (χ4n) is 1.15. The van der Waals surface area contributed by atoms with Crippen molar-refractivity contribution in [2.75, 3.05) is 0 Å². The third kappa shape index (κ3) is 1.11. The quantitative estimate of drug-likeness (QED) is 0.670. The highest BCUT2D eigenvalue weighted by Crippen LogP contribution is 2.28. The Morgan fingerprint density at radius 3 is 2.85 bits per heavy atom. The second-order valence-electron chi connectivity index (χ2n) is 2.57. The van der Waals surface area contributed by atoms with Crippen molar-refractivity contribution in [1.29, 1.82) is 5.26 Å². The fourth-order valence-corrected chi connectivity index (χ4v) is 1.15. The summed E-state index contributed by atoms with van der Waals surface area (Å²) in [6.07, 6.45) is 0. The van der Waals surface area contributed by atoms with Crippen molar-refractivity contribution < 1.29 is 13.9 Å². The summed E-state index contributed by atoms with van der Waals surface area (Å²) in [6, 6.07) is 4.76. The minimum atomic E-state index is -0.777. The van der Waals surface area contributed by atoms with Gasteiger partial charge >= 0.3 is 0 Å². The summed E-state index contributed by atoms with van der Waals surface area (Å²) in [5.41, 5.74) is 0.411.